The Labute approximate surface area is 154 Å². The summed E-state index contributed by atoms with van der Waals surface area (Å²) in [4.78, 5) is 14.8. The predicted octanol–water partition coefficient (Wildman–Crippen LogP) is 2.53. The van der Waals surface area contributed by atoms with Gasteiger partial charge in [0.2, 0.25) is 0 Å². The topological polar surface area (TPSA) is 63.1 Å². The Balaban J connectivity index is 0.00000182. The fraction of sp³-hybridized carbons (Fsp3) is 0.500. The lowest BCUT2D eigenvalue weighted by atomic mass is 9.99. The number of rotatable bonds is 2. The first-order valence-electron chi connectivity index (χ1n) is 8.76. The molecule has 7 heteroatoms. The van der Waals surface area contributed by atoms with E-state index < -0.39 is 0 Å². The maximum absolute atomic E-state index is 13.0. The molecule has 1 saturated heterocycles. The van der Waals surface area contributed by atoms with Crippen molar-refractivity contribution in [2.45, 2.75) is 38.6 Å². The smallest absolute Gasteiger partial charge is 0.280 e. The number of nitrogens with one attached hydrogen (secondary N) is 1. The van der Waals surface area contributed by atoms with Gasteiger partial charge in [-0.05, 0) is 62.9 Å². The second-order valence-electron chi connectivity index (χ2n) is 6.76. The van der Waals surface area contributed by atoms with Crippen molar-refractivity contribution in [2.24, 2.45) is 0 Å². The van der Waals surface area contributed by atoms with Gasteiger partial charge < -0.3 is 10.2 Å². The third kappa shape index (κ3) is 3.55. The molecule has 2 aliphatic rings. The number of fused-ring (bicyclic) bond motifs is 1. The number of piperidine rings is 1. The number of anilines is 1. The molecular weight excluding hydrogens is 338 g/mol. The zero-order valence-electron chi connectivity index (χ0n) is 14.4. The van der Waals surface area contributed by atoms with Gasteiger partial charge >= 0.3 is 0 Å². The fourth-order valence-electron chi connectivity index (χ4n) is 3.66. The van der Waals surface area contributed by atoms with Crippen LogP contribution in [0.1, 0.15) is 46.9 Å². The van der Waals surface area contributed by atoms with Gasteiger partial charge in [-0.25, -0.2) is 4.68 Å². The number of aromatic nitrogens is 3. The number of halogens is 1. The fourth-order valence-corrected chi connectivity index (χ4v) is 3.66. The van der Waals surface area contributed by atoms with Crippen LogP contribution in [-0.4, -0.2) is 40.5 Å². The zero-order valence-corrected chi connectivity index (χ0v) is 15.3. The molecule has 1 aromatic heterocycles. The Hall–Kier alpha value is -1.92. The van der Waals surface area contributed by atoms with Crippen molar-refractivity contribution < 1.29 is 4.79 Å². The van der Waals surface area contributed by atoms with E-state index in [-0.39, 0.29) is 18.3 Å². The highest BCUT2D eigenvalue weighted by molar-refractivity contribution is 6.05. The van der Waals surface area contributed by atoms with Crippen LogP contribution in [-0.2, 0) is 6.42 Å². The largest absolute Gasteiger partial charge is 0.317 e. The summed E-state index contributed by atoms with van der Waals surface area (Å²) < 4.78 is 1.87. The van der Waals surface area contributed by atoms with Crippen LogP contribution in [0, 0.1) is 6.92 Å². The quantitative estimate of drug-likeness (QED) is 0.892. The normalized spacial score (nSPS) is 17.7. The van der Waals surface area contributed by atoms with Crippen LogP contribution in [0.15, 0.2) is 24.4 Å². The molecule has 1 amide bonds. The molecule has 134 valence electrons. The first-order valence-corrected chi connectivity index (χ1v) is 8.76. The van der Waals surface area contributed by atoms with Crippen molar-refractivity contribution in [2.75, 3.05) is 24.5 Å². The summed E-state index contributed by atoms with van der Waals surface area (Å²) in [5, 5.41) is 11.7. The molecule has 1 N–H and O–H groups in total. The van der Waals surface area contributed by atoms with Gasteiger partial charge in [0.15, 0.2) is 5.69 Å². The first-order chi connectivity index (χ1) is 11.7. The van der Waals surface area contributed by atoms with E-state index in [1.54, 1.807) is 0 Å². The lowest BCUT2D eigenvalue weighted by Crippen LogP contribution is -2.35. The van der Waals surface area contributed by atoms with E-state index >= 15 is 0 Å². The Morgan fingerprint density at radius 3 is 2.88 bits per heavy atom. The summed E-state index contributed by atoms with van der Waals surface area (Å²) in [6.45, 7) is 4.79. The Bertz CT molecular complexity index is 754. The van der Waals surface area contributed by atoms with Crippen molar-refractivity contribution in [3.63, 3.8) is 0 Å². The summed E-state index contributed by atoms with van der Waals surface area (Å²) in [7, 11) is 0. The standard InChI is InChI=1S/C18H23N5O.ClH/c1-13-4-5-14-3-2-10-22(17(14)11-13)18(24)16-12-23(21-20-16)15-6-8-19-9-7-15;/h4-5,11-12,15,19H,2-3,6-10H2,1H3;1H. The average molecular weight is 362 g/mol. The highest BCUT2D eigenvalue weighted by atomic mass is 35.5. The first kappa shape index (κ1) is 17.9. The number of nitrogens with zero attached hydrogens (tertiary/aromatic N) is 4. The number of hydrogen-bond donors (Lipinski definition) is 1. The number of carbonyl (C=O) groups is 1. The number of carbonyl (C=O) groups excluding carboxylic acids is 1. The van der Waals surface area contributed by atoms with E-state index in [9.17, 15) is 4.79 Å². The number of aryl methyl sites for hydroxylation is 2. The van der Waals surface area contributed by atoms with Crippen molar-refractivity contribution in [3.8, 4) is 0 Å². The second kappa shape index (κ2) is 7.54. The Morgan fingerprint density at radius 1 is 1.28 bits per heavy atom. The third-order valence-corrected chi connectivity index (χ3v) is 5.02. The molecule has 3 heterocycles. The maximum atomic E-state index is 13.0. The van der Waals surface area contributed by atoms with Crippen LogP contribution in [0.5, 0.6) is 0 Å². The molecule has 0 spiro atoms. The molecule has 0 atom stereocenters. The summed E-state index contributed by atoms with van der Waals surface area (Å²) in [5.41, 5.74) is 3.89. The number of hydrogen-bond acceptors (Lipinski definition) is 4. The molecule has 4 rings (SSSR count). The number of amides is 1. The van der Waals surface area contributed by atoms with Gasteiger partial charge in [0.05, 0.1) is 12.2 Å². The van der Waals surface area contributed by atoms with E-state index in [0.29, 0.717) is 11.7 Å². The lowest BCUT2D eigenvalue weighted by Gasteiger charge is -2.29. The van der Waals surface area contributed by atoms with Crippen molar-refractivity contribution in [3.05, 3.63) is 41.2 Å². The SMILES string of the molecule is Cc1ccc2c(c1)N(C(=O)c1cn(C3CCNCC3)nn1)CCC2.Cl. The summed E-state index contributed by atoms with van der Waals surface area (Å²) >= 11 is 0. The van der Waals surface area contributed by atoms with E-state index in [1.165, 1.54) is 11.1 Å². The van der Waals surface area contributed by atoms with Crippen LogP contribution in [0.2, 0.25) is 0 Å². The van der Waals surface area contributed by atoms with Crippen molar-refractivity contribution >= 4 is 24.0 Å². The minimum Gasteiger partial charge on any atom is -0.317 e. The molecule has 0 saturated carbocycles. The Morgan fingerprint density at radius 2 is 2.08 bits per heavy atom. The molecular formula is C18H24ClN5O. The molecule has 1 fully saturated rings. The lowest BCUT2D eigenvalue weighted by molar-refractivity contribution is 0.0980. The molecule has 2 aromatic rings. The van der Waals surface area contributed by atoms with Crippen LogP contribution >= 0.6 is 12.4 Å². The highest BCUT2D eigenvalue weighted by Gasteiger charge is 2.26. The van der Waals surface area contributed by atoms with E-state index in [0.717, 1.165) is 51.0 Å². The zero-order chi connectivity index (χ0) is 16.5. The van der Waals surface area contributed by atoms with Gasteiger partial charge in [0, 0.05) is 12.2 Å². The highest BCUT2D eigenvalue weighted by Crippen LogP contribution is 2.29. The third-order valence-electron chi connectivity index (χ3n) is 5.02. The predicted molar refractivity (Wildman–Crippen MR) is 99.6 cm³/mol. The van der Waals surface area contributed by atoms with Crippen LogP contribution in [0.3, 0.4) is 0 Å². The molecule has 2 aliphatic heterocycles. The van der Waals surface area contributed by atoms with Gasteiger partial charge in [-0.1, -0.05) is 17.3 Å². The van der Waals surface area contributed by atoms with Crippen LogP contribution in [0.4, 0.5) is 5.69 Å². The molecule has 25 heavy (non-hydrogen) atoms. The van der Waals surface area contributed by atoms with Gasteiger partial charge in [0.1, 0.15) is 0 Å². The van der Waals surface area contributed by atoms with Crippen molar-refractivity contribution in [1.82, 2.24) is 20.3 Å². The monoisotopic (exact) mass is 361 g/mol. The molecule has 0 aliphatic carbocycles. The van der Waals surface area contributed by atoms with Gasteiger partial charge in [-0.2, -0.15) is 0 Å². The van der Waals surface area contributed by atoms with Gasteiger partial charge in [-0.3, -0.25) is 4.79 Å². The minimum atomic E-state index is -0.0401. The van der Waals surface area contributed by atoms with Crippen LogP contribution in [0.25, 0.3) is 0 Å². The molecule has 6 nitrogen and oxygen atoms in total. The van der Waals surface area contributed by atoms with Gasteiger partial charge in [0.25, 0.3) is 5.91 Å². The van der Waals surface area contributed by atoms with E-state index in [2.05, 4.69) is 40.8 Å². The maximum Gasteiger partial charge on any atom is 0.280 e. The van der Waals surface area contributed by atoms with Crippen molar-refractivity contribution in [1.29, 1.82) is 0 Å². The van der Waals surface area contributed by atoms with Crippen LogP contribution < -0.4 is 10.2 Å². The molecule has 0 radical (unpaired) electrons. The average Bonchev–Trinajstić information content (AvgIpc) is 3.11. The van der Waals surface area contributed by atoms with E-state index in [1.807, 2.05) is 15.8 Å². The van der Waals surface area contributed by atoms with E-state index in [4.69, 9.17) is 0 Å². The summed E-state index contributed by atoms with van der Waals surface area (Å²) in [5.74, 6) is -0.0401. The second-order valence-corrected chi connectivity index (χ2v) is 6.76. The van der Waals surface area contributed by atoms with Gasteiger partial charge in [-0.15, -0.1) is 17.5 Å². The summed E-state index contributed by atoms with van der Waals surface area (Å²) in [6.07, 6.45) is 5.90. The Kier molecular flexibility index (Phi) is 5.39. The molecule has 0 bridgehead atoms. The molecule has 0 unspecified atom stereocenters. The number of benzene rings is 1. The minimum absolute atomic E-state index is 0. The molecule has 1 aromatic carbocycles. The summed E-state index contributed by atoms with van der Waals surface area (Å²) in [6, 6.07) is 6.69.